The lowest BCUT2D eigenvalue weighted by molar-refractivity contribution is -0.185. The normalized spacial score (nSPS) is 19.1. The lowest BCUT2D eigenvalue weighted by Crippen LogP contribution is -2.22. The van der Waals surface area contributed by atoms with Gasteiger partial charge < -0.3 is 9.84 Å². The number of alkyl halides is 2. The molecule has 188 valence electrons. The van der Waals surface area contributed by atoms with E-state index in [1.165, 1.54) is 62.8 Å². The molecule has 1 aliphatic carbocycles. The van der Waals surface area contributed by atoms with Gasteiger partial charge in [-0.15, -0.1) is 0 Å². The molecule has 0 aromatic heterocycles. The highest BCUT2D eigenvalue weighted by Gasteiger charge is 2.35. The number of benzene rings is 2. The molecule has 0 heterocycles. The Bertz CT molecular complexity index is 881. The van der Waals surface area contributed by atoms with Gasteiger partial charge in [-0.3, -0.25) is 0 Å². The van der Waals surface area contributed by atoms with Crippen molar-refractivity contribution in [1.82, 2.24) is 0 Å². The van der Waals surface area contributed by atoms with E-state index in [1.54, 1.807) is 0 Å². The molecule has 34 heavy (non-hydrogen) atoms. The molecule has 0 unspecified atom stereocenters. The monoisotopic (exact) mass is 472 g/mol. The first kappa shape index (κ1) is 26.5. The summed E-state index contributed by atoms with van der Waals surface area (Å²) in [6.07, 6.45) is 6.57. The third kappa shape index (κ3) is 6.52. The number of halogens is 2. The fourth-order valence-electron chi connectivity index (χ4n) is 5.21. The molecule has 1 aliphatic rings. The van der Waals surface area contributed by atoms with Crippen LogP contribution in [0.1, 0.15) is 126 Å². The average Bonchev–Trinajstić information content (AvgIpc) is 2.80. The zero-order valence-electron chi connectivity index (χ0n) is 21.5. The fraction of sp³-hybridized carbons (Fsp3) is 0.600. The van der Waals surface area contributed by atoms with Crippen molar-refractivity contribution in [3.8, 4) is 11.5 Å². The Kier molecular flexibility index (Phi) is 9.01. The van der Waals surface area contributed by atoms with Crippen LogP contribution in [0.4, 0.5) is 8.78 Å². The largest absolute Gasteiger partial charge is 0.507 e. The van der Waals surface area contributed by atoms with Gasteiger partial charge in [-0.2, -0.15) is 8.78 Å². The van der Waals surface area contributed by atoms with E-state index in [0.717, 1.165) is 24.3 Å². The Balaban J connectivity index is 1.69. The van der Waals surface area contributed by atoms with E-state index in [1.807, 2.05) is 39.8 Å². The molecule has 0 atom stereocenters. The van der Waals surface area contributed by atoms with Gasteiger partial charge in [0.2, 0.25) is 0 Å². The summed E-state index contributed by atoms with van der Waals surface area (Å²) < 4.78 is 35.4. The zero-order chi connectivity index (χ0) is 24.9. The molecule has 0 aliphatic heterocycles. The van der Waals surface area contributed by atoms with E-state index >= 15 is 8.78 Å². The number of unbranched alkanes of at least 4 members (excludes halogenated alkanes) is 2. The molecule has 0 spiro atoms. The van der Waals surface area contributed by atoms with Crippen LogP contribution in [0.3, 0.4) is 0 Å². The summed E-state index contributed by atoms with van der Waals surface area (Å²) in [5.74, 6) is 1.54. The molecular weight excluding hydrogens is 430 g/mol. The molecule has 4 heteroatoms. The summed E-state index contributed by atoms with van der Waals surface area (Å²) in [6.45, 7) is 9.96. The van der Waals surface area contributed by atoms with Gasteiger partial charge in [0, 0.05) is 11.1 Å². The highest BCUT2D eigenvalue weighted by molar-refractivity contribution is 5.49. The molecule has 1 saturated carbocycles. The molecule has 0 radical (unpaired) electrons. The van der Waals surface area contributed by atoms with E-state index in [2.05, 4.69) is 6.92 Å². The second-order valence-corrected chi connectivity index (χ2v) is 10.7. The Hall–Kier alpha value is -2.10. The van der Waals surface area contributed by atoms with Crippen LogP contribution in [0.5, 0.6) is 11.5 Å². The Morgan fingerprint density at radius 2 is 1.47 bits per heavy atom. The second kappa shape index (κ2) is 11.6. The van der Waals surface area contributed by atoms with Gasteiger partial charge in [0.1, 0.15) is 11.5 Å². The molecule has 2 aromatic rings. The summed E-state index contributed by atoms with van der Waals surface area (Å²) in [5.41, 5.74) is 2.26. The van der Waals surface area contributed by atoms with E-state index in [9.17, 15) is 5.11 Å². The standard InChI is InChI=1S/C30H42F2O2/c1-6-7-8-9-22-10-12-23(13-11-22)24-14-16-25(17-15-24)30(31,32)34-26-18-27(20(2)3)29(33)28(19-26)21(4)5/h14-23,33H,6-13H2,1-5H3. The number of hydrogen-bond acceptors (Lipinski definition) is 2. The number of phenolic OH excluding ortho intramolecular Hbond substituents is 1. The van der Waals surface area contributed by atoms with Crippen molar-refractivity contribution < 1.29 is 18.6 Å². The van der Waals surface area contributed by atoms with E-state index in [0.29, 0.717) is 17.0 Å². The summed E-state index contributed by atoms with van der Waals surface area (Å²) in [4.78, 5) is 0. The van der Waals surface area contributed by atoms with Gasteiger partial charge in [-0.1, -0.05) is 72.4 Å². The van der Waals surface area contributed by atoms with Crippen LogP contribution in [-0.4, -0.2) is 5.11 Å². The highest BCUT2D eigenvalue weighted by Crippen LogP contribution is 2.41. The summed E-state index contributed by atoms with van der Waals surface area (Å²) >= 11 is 0. The van der Waals surface area contributed by atoms with Crippen LogP contribution in [0, 0.1) is 5.92 Å². The van der Waals surface area contributed by atoms with Gasteiger partial charge in [0.15, 0.2) is 0 Å². The number of aromatic hydroxyl groups is 1. The first-order valence-electron chi connectivity index (χ1n) is 13.2. The maximum Gasteiger partial charge on any atom is 0.426 e. The molecule has 3 rings (SSSR count). The van der Waals surface area contributed by atoms with Crippen LogP contribution in [0.2, 0.25) is 0 Å². The lowest BCUT2D eigenvalue weighted by Gasteiger charge is -2.29. The number of ether oxygens (including phenoxy) is 1. The number of hydrogen-bond donors (Lipinski definition) is 1. The quantitative estimate of drug-likeness (QED) is 0.349. The molecular formula is C30H42F2O2. The number of phenols is 1. The highest BCUT2D eigenvalue weighted by atomic mass is 19.3. The maximum absolute atomic E-state index is 15.1. The Morgan fingerprint density at radius 1 is 0.912 bits per heavy atom. The van der Waals surface area contributed by atoms with Gasteiger partial charge in [0.25, 0.3) is 0 Å². The first-order chi connectivity index (χ1) is 16.1. The summed E-state index contributed by atoms with van der Waals surface area (Å²) in [7, 11) is 0. The van der Waals surface area contributed by atoms with Crippen molar-refractivity contribution in [2.24, 2.45) is 5.92 Å². The predicted octanol–water partition coefficient (Wildman–Crippen LogP) is 9.62. The summed E-state index contributed by atoms with van der Waals surface area (Å²) in [6, 6.07) is 9.79. The van der Waals surface area contributed by atoms with E-state index in [-0.39, 0.29) is 28.9 Å². The van der Waals surface area contributed by atoms with Gasteiger partial charge >= 0.3 is 6.11 Å². The Morgan fingerprint density at radius 3 is 1.97 bits per heavy atom. The van der Waals surface area contributed by atoms with Crippen molar-refractivity contribution in [2.45, 2.75) is 110 Å². The van der Waals surface area contributed by atoms with Crippen LogP contribution in [0.25, 0.3) is 0 Å². The molecule has 1 fully saturated rings. The second-order valence-electron chi connectivity index (χ2n) is 10.7. The van der Waals surface area contributed by atoms with E-state index < -0.39 is 6.11 Å². The third-order valence-electron chi connectivity index (χ3n) is 7.41. The van der Waals surface area contributed by atoms with Crippen LogP contribution >= 0.6 is 0 Å². The van der Waals surface area contributed by atoms with Crippen LogP contribution in [-0.2, 0) is 6.11 Å². The fourth-order valence-corrected chi connectivity index (χ4v) is 5.21. The topological polar surface area (TPSA) is 29.5 Å². The van der Waals surface area contributed by atoms with Crippen LogP contribution in [0.15, 0.2) is 36.4 Å². The van der Waals surface area contributed by atoms with Gasteiger partial charge in [-0.25, -0.2) is 0 Å². The van der Waals surface area contributed by atoms with Gasteiger partial charge in [0.05, 0.1) is 5.56 Å². The van der Waals surface area contributed by atoms with E-state index in [4.69, 9.17) is 4.74 Å². The molecule has 0 saturated heterocycles. The minimum absolute atomic E-state index is 0.00399. The Labute approximate surface area is 204 Å². The minimum Gasteiger partial charge on any atom is -0.507 e. The van der Waals surface area contributed by atoms with Crippen LogP contribution < -0.4 is 4.74 Å². The first-order valence-corrected chi connectivity index (χ1v) is 13.2. The van der Waals surface area contributed by atoms with Crippen molar-refractivity contribution in [2.75, 3.05) is 0 Å². The van der Waals surface area contributed by atoms with Gasteiger partial charge in [-0.05, 0) is 79.2 Å². The van der Waals surface area contributed by atoms with Crippen molar-refractivity contribution in [1.29, 1.82) is 0 Å². The summed E-state index contributed by atoms with van der Waals surface area (Å²) in [5, 5.41) is 10.6. The molecule has 2 nitrogen and oxygen atoms in total. The SMILES string of the molecule is CCCCCC1CCC(c2ccc(C(F)(F)Oc3cc(C(C)C)c(O)c(C(C)C)c3)cc2)CC1. The third-order valence-corrected chi connectivity index (χ3v) is 7.41. The predicted molar refractivity (Wildman–Crippen MR) is 136 cm³/mol. The smallest absolute Gasteiger partial charge is 0.426 e. The average molecular weight is 473 g/mol. The minimum atomic E-state index is -3.45. The number of rotatable bonds is 10. The van der Waals surface area contributed by atoms with Crippen molar-refractivity contribution in [3.05, 3.63) is 58.7 Å². The van der Waals surface area contributed by atoms with Crippen molar-refractivity contribution in [3.63, 3.8) is 0 Å². The molecule has 2 aromatic carbocycles. The molecule has 1 N–H and O–H groups in total. The molecule has 0 bridgehead atoms. The lowest BCUT2D eigenvalue weighted by atomic mass is 9.77. The van der Waals surface area contributed by atoms with Crippen molar-refractivity contribution >= 4 is 0 Å². The zero-order valence-corrected chi connectivity index (χ0v) is 21.5. The molecule has 0 amide bonds. The maximum atomic E-state index is 15.1.